The van der Waals surface area contributed by atoms with Crippen molar-refractivity contribution >= 4 is 0 Å². The van der Waals surface area contributed by atoms with Gasteiger partial charge in [0.15, 0.2) is 0 Å². The van der Waals surface area contributed by atoms with Gasteiger partial charge < -0.3 is 10.4 Å². The average Bonchev–Trinajstić information content (AvgIpc) is 2.58. The highest BCUT2D eigenvalue weighted by atomic mass is 16.3. The van der Waals surface area contributed by atoms with Crippen LogP contribution in [0.2, 0.25) is 0 Å². The van der Waals surface area contributed by atoms with Crippen molar-refractivity contribution in [1.82, 2.24) is 10.3 Å². The van der Waals surface area contributed by atoms with E-state index in [1.54, 1.807) is 0 Å². The Labute approximate surface area is 102 Å². The minimum absolute atomic E-state index is 0.517. The van der Waals surface area contributed by atoms with Crippen molar-refractivity contribution in [2.75, 3.05) is 0 Å². The molecular formula is C14H20N2O. The van der Waals surface area contributed by atoms with Crippen LogP contribution in [-0.4, -0.2) is 27.8 Å². The van der Waals surface area contributed by atoms with E-state index in [2.05, 4.69) is 10.3 Å². The lowest BCUT2D eigenvalue weighted by Crippen LogP contribution is -2.49. The van der Waals surface area contributed by atoms with Gasteiger partial charge >= 0.3 is 0 Å². The predicted molar refractivity (Wildman–Crippen MR) is 66.8 cm³/mol. The van der Waals surface area contributed by atoms with Crippen molar-refractivity contribution in [2.45, 2.75) is 56.7 Å². The van der Waals surface area contributed by atoms with Crippen LogP contribution in [0, 0.1) is 6.92 Å². The van der Waals surface area contributed by atoms with Gasteiger partial charge in [-0.2, -0.15) is 0 Å². The van der Waals surface area contributed by atoms with E-state index in [-0.39, 0.29) is 0 Å². The molecule has 1 aromatic rings. The lowest BCUT2D eigenvalue weighted by molar-refractivity contribution is -0.00687. The molecule has 3 rings (SSSR count). The molecule has 2 saturated heterocycles. The number of nitrogens with one attached hydrogen (secondary N) is 1. The summed E-state index contributed by atoms with van der Waals surface area (Å²) in [6, 6.07) is 7.08. The Bertz CT molecular complexity index is 406. The van der Waals surface area contributed by atoms with Crippen LogP contribution in [0.4, 0.5) is 0 Å². The maximum absolute atomic E-state index is 10.7. The van der Waals surface area contributed by atoms with Gasteiger partial charge in [-0.05, 0) is 44.7 Å². The molecule has 2 atom stereocenters. The molecule has 2 aliphatic rings. The fourth-order valence-electron chi connectivity index (χ4n) is 3.40. The molecule has 2 aliphatic heterocycles. The van der Waals surface area contributed by atoms with Crippen molar-refractivity contribution in [3.8, 4) is 0 Å². The maximum atomic E-state index is 10.7. The van der Waals surface area contributed by atoms with E-state index in [1.165, 1.54) is 12.8 Å². The molecule has 92 valence electrons. The SMILES string of the molecule is Cc1cccc(CC2(O)CC3CCC(C2)N3)n1. The number of pyridine rings is 1. The van der Waals surface area contributed by atoms with E-state index < -0.39 is 5.60 Å². The first-order valence-corrected chi connectivity index (χ1v) is 6.54. The second-order valence-corrected chi connectivity index (χ2v) is 5.72. The number of aromatic nitrogens is 1. The molecule has 3 heteroatoms. The molecule has 0 amide bonds. The zero-order valence-corrected chi connectivity index (χ0v) is 10.3. The van der Waals surface area contributed by atoms with E-state index >= 15 is 0 Å². The molecule has 2 bridgehead atoms. The summed E-state index contributed by atoms with van der Waals surface area (Å²) >= 11 is 0. The third kappa shape index (κ3) is 2.35. The van der Waals surface area contributed by atoms with Crippen LogP contribution >= 0.6 is 0 Å². The monoisotopic (exact) mass is 232 g/mol. The summed E-state index contributed by atoms with van der Waals surface area (Å²) in [5.74, 6) is 0. The summed E-state index contributed by atoms with van der Waals surface area (Å²) in [6.45, 7) is 2.00. The molecule has 1 aromatic heterocycles. The third-order valence-electron chi connectivity index (χ3n) is 4.04. The van der Waals surface area contributed by atoms with Gasteiger partial charge in [-0.15, -0.1) is 0 Å². The fraction of sp³-hybridized carbons (Fsp3) is 0.643. The van der Waals surface area contributed by atoms with Crippen LogP contribution in [0.25, 0.3) is 0 Å². The van der Waals surface area contributed by atoms with Crippen LogP contribution in [-0.2, 0) is 6.42 Å². The first kappa shape index (κ1) is 11.2. The topological polar surface area (TPSA) is 45.1 Å². The fourth-order valence-corrected chi connectivity index (χ4v) is 3.40. The van der Waals surface area contributed by atoms with Gasteiger partial charge in [0.2, 0.25) is 0 Å². The summed E-state index contributed by atoms with van der Waals surface area (Å²) in [7, 11) is 0. The highest BCUT2D eigenvalue weighted by Crippen LogP contribution is 2.35. The van der Waals surface area contributed by atoms with E-state index in [4.69, 9.17) is 0 Å². The first-order chi connectivity index (χ1) is 8.13. The molecule has 0 aliphatic carbocycles. The number of aliphatic hydroxyl groups is 1. The van der Waals surface area contributed by atoms with Crippen molar-refractivity contribution in [3.63, 3.8) is 0 Å². The Hall–Kier alpha value is -0.930. The molecule has 2 fully saturated rings. The lowest BCUT2D eigenvalue weighted by Gasteiger charge is -2.37. The Kier molecular flexibility index (Phi) is 2.68. The smallest absolute Gasteiger partial charge is 0.0732 e. The quantitative estimate of drug-likeness (QED) is 0.813. The second kappa shape index (κ2) is 4.07. The summed E-state index contributed by atoms with van der Waals surface area (Å²) in [4.78, 5) is 4.50. The largest absolute Gasteiger partial charge is 0.389 e. The van der Waals surface area contributed by atoms with Gasteiger partial charge in [0.1, 0.15) is 0 Å². The van der Waals surface area contributed by atoms with Crippen molar-refractivity contribution in [3.05, 3.63) is 29.6 Å². The molecule has 0 aromatic carbocycles. The summed E-state index contributed by atoms with van der Waals surface area (Å²) in [6.07, 6.45) is 4.88. The molecule has 3 heterocycles. The Morgan fingerprint density at radius 3 is 2.71 bits per heavy atom. The Balaban J connectivity index is 1.76. The van der Waals surface area contributed by atoms with Gasteiger partial charge in [-0.1, -0.05) is 6.07 Å². The number of hydrogen-bond acceptors (Lipinski definition) is 3. The minimum atomic E-state index is -0.544. The third-order valence-corrected chi connectivity index (χ3v) is 4.04. The van der Waals surface area contributed by atoms with E-state index in [1.807, 2.05) is 25.1 Å². The number of hydrogen-bond donors (Lipinski definition) is 2. The molecule has 2 unspecified atom stereocenters. The molecule has 2 N–H and O–H groups in total. The van der Waals surface area contributed by atoms with Crippen molar-refractivity contribution in [2.24, 2.45) is 0 Å². The number of aryl methyl sites for hydroxylation is 1. The number of piperidine rings is 1. The van der Waals surface area contributed by atoms with Crippen LogP contribution in [0.3, 0.4) is 0 Å². The number of fused-ring (bicyclic) bond motifs is 2. The summed E-state index contributed by atoms with van der Waals surface area (Å²) in [5.41, 5.74) is 1.51. The zero-order valence-electron chi connectivity index (χ0n) is 10.3. The van der Waals surface area contributed by atoms with Crippen LogP contribution < -0.4 is 5.32 Å². The highest BCUT2D eigenvalue weighted by molar-refractivity contribution is 5.14. The van der Waals surface area contributed by atoms with Gasteiger partial charge in [-0.25, -0.2) is 0 Å². The molecular weight excluding hydrogens is 212 g/mol. The first-order valence-electron chi connectivity index (χ1n) is 6.54. The molecule has 0 radical (unpaired) electrons. The second-order valence-electron chi connectivity index (χ2n) is 5.72. The Morgan fingerprint density at radius 1 is 1.35 bits per heavy atom. The minimum Gasteiger partial charge on any atom is -0.389 e. The van der Waals surface area contributed by atoms with Gasteiger partial charge in [0, 0.05) is 29.9 Å². The van der Waals surface area contributed by atoms with E-state index in [0.29, 0.717) is 18.5 Å². The number of nitrogens with zero attached hydrogens (tertiary/aromatic N) is 1. The van der Waals surface area contributed by atoms with Crippen molar-refractivity contribution < 1.29 is 5.11 Å². The van der Waals surface area contributed by atoms with Crippen LogP contribution in [0.15, 0.2) is 18.2 Å². The highest BCUT2D eigenvalue weighted by Gasteiger charge is 2.42. The summed E-state index contributed by atoms with van der Waals surface area (Å²) < 4.78 is 0. The molecule has 3 nitrogen and oxygen atoms in total. The van der Waals surface area contributed by atoms with Gasteiger partial charge in [0.05, 0.1) is 5.60 Å². The summed E-state index contributed by atoms with van der Waals surface area (Å²) in [5, 5.41) is 14.3. The predicted octanol–water partition coefficient (Wildman–Crippen LogP) is 1.58. The zero-order chi connectivity index (χ0) is 11.9. The van der Waals surface area contributed by atoms with E-state index in [9.17, 15) is 5.11 Å². The van der Waals surface area contributed by atoms with E-state index in [0.717, 1.165) is 24.2 Å². The standard InChI is InChI=1S/C14H20N2O/c1-10-3-2-4-11(15-10)7-14(17)8-12-5-6-13(9-14)16-12/h2-4,12-13,16-17H,5-9H2,1H3. The van der Waals surface area contributed by atoms with Crippen molar-refractivity contribution in [1.29, 1.82) is 0 Å². The molecule has 0 saturated carbocycles. The van der Waals surface area contributed by atoms with Gasteiger partial charge in [0.25, 0.3) is 0 Å². The maximum Gasteiger partial charge on any atom is 0.0732 e. The van der Waals surface area contributed by atoms with Crippen LogP contribution in [0.5, 0.6) is 0 Å². The Morgan fingerprint density at radius 2 is 2.06 bits per heavy atom. The normalized spacial score (nSPS) is 36.1. The van der Waals surface area contributed by atoms with Gasteiger partial charge in [-0.3, -0.25) is 4.98 Å². The number of rotatable bonds is 2. The van der Waals surface area contributed by atoms with Crippen LogP contribution in [0.1, 0.15) is 37.1 Å². The molecule has 17 heavy (non-hydrogen) atoms. The lowest BCUT2D eigenvalue weighted by atomic mass is 9.83. The molecule has 0 spiro atoms. The average molecular weight is 232 g/mol.